The van der Waals surface area contributed by atoms with E-state index in [-0.39, 0.29) is 24.0 Å². The van der Waals surface area contributed by atoms with Crippen LogP contribution in [0.15, 0.2) is 52.1 Å². The van der Waals surface area contributed by atoms with E-state index in [9.17, 15) is 4.79 Å². The Morgan fingerprint density at radius 1 is 1.25 bits per heavy atom. The summed E-state index contributed by atoms with van der Waals surface area (Å²) in [5.74, 6) is 3.12. The van der Waals surface area contributed by atoms with E-state index < -0.39 is 0 Å². The third kappa shape index (κ3) is 6.05. The molecule has 2 aliphatic heterocycles. The average molecular weight is 550 g/mol. The first-order valence-electron chi connectivity index (χ1n) is 11.6. The van der Waals surface area contributed by atoms with Gasteiger partial charge in [0, 0.05) is 57.2 Å². The van der Waals surface area contributed by atoms with E-state index in [1.165, 1.54) is 11.3 Å². The number of rotatable bonds is 8. The molecule has 1 atom stereocenters. The molecule has 1 saturated heterocycles. The number of hydrogen-bond acceptors (Lipinski definition) is 3. The maximum atomic E-state index is 12.0. The summed E-state index contributed by atoms with van der Waals surface area (Å²) in [6, 6.07) is 12.6. The zero-order chi connectivity index (χ0) is 21.6. The lowest BCUT2D eigenvalue weighted by atomic mass is 9.98. The minimum absolute atomic E-state index is 0. The topological polar surface area (TPSA) is 61.1 Å². The molecule has 3 heterocycles. The maximum Gasteiger partial charge on any atom is 0.222 e. The zero-order valence-electron chi connectivity index (χ0n) is 19.1. The zero-order valence-corrected chi connectivity index (χ0v) is 21.5. The number of carbonyl (C=O) groups excluding carboxylic acids is 1. The molecule has 6 nitrogen and oxygen atoms in total. The minimum atomic E-state index is 0. The molecule has 0 bridgehead atoms. The van der Waals surface area contributed by atoms with E-state index in [0.717, 1.165) is 63.7 Å². The van der Waals surface area contributed by atoms with Crippen LogP contribution < -0.4 is 10.2 Å². The van der Waals surface area contributed by atoms with E-state index in [0.29, 0.717) is 24.2 Å². The van der Waals surface area contributed by atoms with Crippen LogP contribution >= 0.6 is 24.0 Å². The number of benzene rings is 1. The highest BCUT2D eigenvalue weighted by atomic mass is 127. The van der Waals surface area contributed by atoms with Crippen LogP contribution in [0.25, 0.3) is 0 Å². The summed E-state index contributed by atoms with van der Waals surface area (Å²) >= 11 is 0. The van der Waals surface area contributed by atoms with Crippen molar-refractivity contribution in [1.29, 1.82) is 0 Å². The van der Waals surface area contributed by atoms with Crippen molar-refractivity contribution in [3.05, 3.63) is 54.0 Å². The number of nitrogens with zero attached hydrogens (tertiary/aromatic N) is 3. The molecule has 32 heavy (non-hydrogen) atoms. The Kier molecular flexibility index (Phi) is 9.02. The molecule has 1 N–H and O–H groups in total. The van der Waals surface area contributed by atoms with Crippen molar-refractivity contribution >= 4 is 41.5 Å². The molecule has 1 amide bonds. The summed E-state index contributed by atoms with van der Waals surface area (Å²) in [5, 5.41) is 3.57. The highest BCUT2D eigenvalue weighted by molar-refractivity contribution is 14.0. The van der Waals surface area contributed by atoms with Gasteiger partial charge in [-0.25, -0.2) is 0 Å². The lowest BCUT2D eigenvalue weighted by Crippen LogP contribution is -2.42. The van der Waals surface area contributed by atoms with Gasteiger partial charge in [-0.05, 0) is 42.5 Å². The molecular formula is C25H35IN4O2. The second-order valence-corrected chi connectivity index (χ2v) is 8.95. The van der Waals surface area contributed by atoms with Crippen LogP contribution in [0.4, 0.5) is 5.69 Å². The Morgan fingerprint density at radius 3 is 2.81 bits per heavy atom. The second kappa shape index (κ2) is 11.7. The normalized spacial score (nSPS) is 18.3. The fourth-order valence-corrected chi connectivity index (χ4v) is 4.45. The molecule has 2 aromatic rings. The number of furan rings is 1. The number of anilines is 1. The van der Waals surface area contributed by atoms with Crippen molar-refractivity contribution in [2.45, 2.75) is 45.4 Å². The fourth-order valence-electron chi connectivity index (χ4n) is 4.45. The first-order valence-corrected chi connectivity index (χ1v) is 11.6. The molecule has 0 radical (unpaired) electrons. The van der Waals surface area contributed by atoms with Gasteiger partial charge in [0.25, 0.3) is 0 Å². The maximum absolute atomic E-state index is 12.0. The molecule has 7 heteroatoms. The predicted octanol–water partition coefficient (Wildman–Crippen LogP) is 4.66. The third-order valence-corrected chi connectivity index (χ3v) is 6.09. The van der Waals surface area contributed by atoms with Crippen LogP contribution in [-0.2, 0) is 11.2 Å². The number of guanidine groups is 1. The Hall–Kier alpha value is -2.03. The van der Waals surface area contributed by atoms with Gasteiger partial charge >= 0.3 is 0 Å². The standard InChI is InChI=1S/C25H34N4O2.HI/c1-19(2)17-27-25(26-13-11-21-7-6-16-31-21)29-18-20(22-8-3-4-9-23(22)29)12-15-28-14-5-10-24(28)30;/h3-4,6-9,16,19-20H,5,10-15,17-18H2,1-2H3,(H,26,27);1H. The third-order valence-electron chi connectivity index (χ3n) is 6.09. The average Bonchev–Trinajstić information content (AvgIpc) is 3.50. The van der Waals surface area contributed by atoms with Crippen LogP contribution in [0.1, 0.15) is 50.4 Å². The van der Waals surface area contributed by atoms with E-state index in [1.54, 1.807) is 6.26 Å². The number of para-hydroxylation sites is 1. The van der Waals surface area contributed by atoms with E-state index in [4.69, 9.17) is 9.41 Å². The SMILES string of the molecule is CC(C)CN=C(NCCc1ccco1)N1CC(CCN2CCCC2=O)c2ccccc21.I. The van der Waals surface area contributed by atoms with Crippen LogP contribution in [0.5, 0.6) is 0 Å². The Labute approximate surface area is 208 Å². The predicted molar refractivity (Wildman–Crippen MR) is 140 cm³/mol. The molecule has 4 rings (SSSR count). The molecule has 1 unspecified atom stereocenters. The number of likely N-dealkylation sites (tertiary alicyclic amines) is 1. The lowest BCUT2D eigenvalue weighted by molar-refractivity contribution is -0.127. The number of carbonyl (C=O) groups is 1. The first kappa shape index (κ1) is 24.6. The monoisotopic (exact) mass is 550 g/mol. The van der Waals surface area contributed by atoms with Crippen molar-refractivity contribution in [2.24, 2.45) is 10.9 Å². The molecule has 174 valence electrons. The van der Waals surface area contributed by atoms with E-state index in [2.05, 4.69) is 48.3 Å². The Morgan fingerprint density at radius 2 is 2.09 bits per heavy atom. The van der Waals surface area contributed by atoms with Gasteiger partial charge in [0.1, 0.15) is 5.76 Å². The van der Waals surface area contributed by atoms with E-state index in [1.807, 2.05) is 17.0 Å². The lowest BCUT2D eigenvalue weighted by Gasteiger charge is -2.24. The molecule has 0 aliphatic carbocycles. The van der Waals surface area contributed by atoms with Gasteiger partial charge in [0.15, 0.2) is 5.96 Å². The fraction of sp³-hybridized carbons (Fsp3) is 0.520. The van der Waals surface area contributed by atoms with Crippen LogP contribution in [0.3, 0.4) is 0 Å². The first-order chi connectivity index (χ1) is 15.1. The second-order valence-electron chi connectivity index (χ2n) is 8.95. The Balaban J connectivity index is 0.00000289. The van der Waals surface area contributed by atoms with Crippen LogP contribution in [0, 0.1) is 5.92 Å². The summed E-state index contributed by atoms with van der Waals surface area (Å²) in [5.41, 5.74) is 2.59. The molecule has 1 aromatic heterocycles. The van der Waals surface area contributed by atoms with E-state index >= 15 is 0 Å². The molecule has 2 aliphatic rings. The Bertz CT molecular complexity index is 897. The van der Waals surface area contributed by atoms with Gasteiger partial charge in [-0.2, -0.15) is 0 Å². The van der Waals surface area contributed by atoms with Crippen molar-refractivity contribution in [3.63, 3.8) is 0 Å². The number of hydrogen-bond donors (Lipinski definition) is 1. The molecule has 1 fully saturated rings. The quantitative estimate of drug-likeness (QED) is 0.295. The number of halogens is 1. The summed E-state index contributed by atoms with van der Waals surface area (Å²) in [7, 11) is 0. The minimum Gasteiger partial charge on any atom is -0.469 e. The molecule has 1 aromatic carbocycles. The van der Waals surface area contributed by atoms with Gasteiger partial charge in [0.2, 0.25) is 5.91 Å². The summed E-state index contributed by atoms with van der Waals surface area (Å²) in [4.78, 5) is 21.3. The van der Waals surface area contributed by atoms with Gasteiger partial charge in [-0.3, -0.25) is 9.79 Å². The highest BCUT2D eigenvalue weighted by Gasteiger charge is 2.32. The van der Waals surface area contributed by atoms with Crippen LogP contribution in [-0.4, -0.2) is 49.5 Å². The number of aliphatic imine (C=N–C) groups is 1. The van der Waals surface area contributed by atoms with Gasteiger partial charge in [-0.1, -0.05) is 32.0 Å². The molecule has 0 saturated carbocycles. The summed E-state index contributed by atoms with van der Waals surface area (Å²) in [6.07, 6.45) is 5.24. The van der Waals surface area contributed by atoms with Crippen molar-refractivity contribution < 1.29 is 9.21 Å². The molecular weight excluding hydrogens is 515 g/mol. The van der Waals surface area contributed by atoms with Gasteiger partial charge in [-0.15, -0.1) is 24.0 Å². The van der Waals surface area contributed by atoms with Gasteiger partial charge < -0.3 is 19.5 Å². The number of nitrogens with one attached hydrogen (secondary N) is 1. The smallest absolute Gasteiger partial charge is 0.222 e. The van der Waals surface area contributed by atoms with Crippen molar-refractivity contribution in [1.82, 2.24) is 10.2 Å². The van der Waals surface area contributed by atoms with Crippen molar-refractivity contribution in [3.8, 4) is 0 Å². The largest absolute Gasteiger partial charge is 0.469 e. The highest BCUT2D eigenvalue weighted by Crippen LogP contribution is 2.38. The number of fused-ring (bicyclic) bond motifs is 1. The summed E-state index contributed by atoms with van der Waals surface area (Å²) in [6.45, 7) is 8.59. The molecule has 0 spiro atoms. The van der Waals surface area contributed by atoms with Crippen molar-refractivity contribution in [2.75, 3.05) is 37.6 Å². The van der Waals surface area contributed by atoms with Crippen LogP contribution in [0.2, 0.25) is 0 Å². The van der Waals surface area contributed by atoms with Gasteiger partial charge in [0.05, 0.1) is 6.26 Å². The summed E-state index contributed by atoms with van der Waals surface area (Å²) < 4.78 is 5.48. The number of amides is 1.